The van der Waals surface area contributed by atoms with Gasteiger partial charge in [0, 0.05) is 6.61 Å². The number of rotatable bonds is 1. The van der Waals surface area contributed by atoms with Crippen LogP contribution in [0.15, 0.2) is 12.2 Å². The zero-order valence-corrected chi connectivity index (χ0v) is 14.8. The number of hydrogen-bond acceptors (Lipinski definition) is 3. The van der Waals surface area contributed by atoms with Crippen LogP contribution < -0.4 is 0 Å². The lowest BCUT2D eigenvalue weighted by Crippen LogP contribution is -2.53. The summed E-state index contributed by atoms with van der Waals surface area (Å²) in [5.74, 6) is 1.15. The molecule has 8 atom stereocenters. The third kappa shape index (κ3) is 1.48. The number of allylic oxidation sites excluding steroid dienone is 2. The van der Waals surface area contributed by atoms with Crippen molar-refractivity contribution < 1.29 is 15.0 Å². The maximum absolute atomic E-state index is 12.8. The molecule has 23 heavy (non-hydrogen) atoms. The molecule has 128 valence electrons. The molecule has 4 aliphatic carbocycles. The Morgan fingerprint density at radius 3 is 2.61 bits per heavy atom. The van der Waals surface area contributed by atoms with Crippen molar-refractivity contribution in [1.82, 2.24) is 0 Å². The normalized spacial score (nSPS) is 60.7. The molecule has 3 saturated carbocycles. The monoisotopic (exact) mass is 318 g/mol. The third-order valence-electron chi connectivity index (χ3n) is 8.86. The second kappa shape index (κ2) is 4.29. The first-order valence-corrected chi connectivity index (χ1v) is 9.17. The molecule has 0 heterocycles. The molecule has 0 aliphatic heterocycles. The SMILES string of the molecule is C[C@H]1C=CC(=O)[C@]2(C)[C@@H](O)C[C@H]3[C@@H]4[C@@](C)(CO)CC[C@]4(C)C[C@]132. The summed E-state index contributed by atoms with van der Waals surface area (Å²) in [5.41, 5.74) is -0.689. The van der Waals surface area contributed by atoms with Gasteiger partial charge in [-0.15, -0.1) is 0 Å². The Kier molecular flexibility index (Phi) is 2.95. The zero-order valence-electron chi connectivity index (χ0n) is 14.8. The molecule has 2 N–H and O–H groups in total. The number of aliphatic hydroxyl groups is 2. The van der Waals surface area contributed by atoms with Gasteiger partial charge in [-0.2, -0.15) is 0 Å². The van der Waals surface area contributed by atoms with E-state index in [0.29, 0.717) is 24.2 Å². The van der Waals surface area contributed by atoms with Crippen LogP contribution in [-0.4, -0.2) is 28.7 Å². The maximum atomic E-state index is 12.8. The molecule has 0 saturated heterocycles. The molecule has 4 aliphatic rings. The Labute approximate surface area is 139 Å². The highest BCUT2D eigenvalue weighted by molar-refractivity contribution is 5.97. The van der Waals surface area contributed by atoms with Crippen molar-refractivity contribution in [1.29, 1.82) is 0 Å². The first kappa shape index (κ1) is 15.8. The predicted octanol–water partition coefficient (Wildman–Crippen LogP) is 2.95. The van der Waals surface area contributed by atoms with Crippen LogP contribution in [0.5, 0.6) is 0 Å². The maximum Gasteiger partial charge on any atom is 0.164 e. The summed E-state index contributed by atoms with van der Waals surface area (Å²) in [7, 11) is 0. The lowest BCUT2D eigenvalue weighted by Gasteiger charge is -2.51. The minimum Gasteiger partial charge on any atom is -0.396 e. The van der Waals surface area contributed by atoms with Gasteiger partial charge in [-0.05, 0) is 72.7 Å². The van der Waals surface area contributed by atoms with E-state index in [1.54, 1.807) is 6.08 Å². The second-order valence-electron chi connectivity index (χ2n) is 9.73. The fourth-order valence-electron chi connectivity index (χ4n) is 7.81. The summed E-state index contributed by atoms with van der Waals surface area (Å²) in [6.45, 7) is 9.04. The van der Waals surface area contributed by atoms with Crippen molar-refractivity contribution in [2.24, 2.45) is 39.4 Å². The van der Waals surface area contributed by atoms with Gasteiger partial charge in [0.15, 0.2) is 5.78 Å². The van der Waals surface area contributed by atoms with Crippen LogP contribution >= 0.6 is 0 Å². The van der Waals surface area contributed by atoms with Crippen molar-refractivity contribution in [3.05, 3.63) is 12.2 Å². The van der Waals surface area contributed by atoms with Gasteiger partial charge in [-0.3, -0.25) is 4.79 Å². The van der Waals surface area contributed by atoms with E-state index < -0.39 is 11.5 Å². The highest BCUT2D eigenvalue weighted by atomic mass is 16.3. The molecule has 3 fully saturated rings. The molecule has 3 nitrogen and oxygen atoms in total. The van der Waals surface area contributed by atoms with Gasteiger partial charge in [0.1, 0.15) is 0 Å². The van der Waals surface area contributed by atoms with Gasteiger partial charge in [-0.25, -0.2) is 0 Å². The Balaban J connectivity index is 1.92. The van der Waals surface area contributed by atoms with Crippen molar-refractivity contribution in [2.75, 3.05) is 6.61 Å². The average Bonchev–Trinajstić information content (AvgIpc) is 3.00. The van der Waals surface area contributed by atoms with Crippen LogP contribution in [0.3, 0.4) is 0 Å². The fourth-order valence-corrected chi connectivity index (χ4v) is 7.81. The van der Waals surface area contributed by atoms with E-state index >= 15 is 0 Å². The van der Waals surface area contributed by atoms with Gasteiger partial charge in [-0.1, -0.05) is 26.8 Å². The number of ketones is 1. The molecule has 0 radical (unpaired) electrons. The number of fused-ring (bicyclic) bond motifs is 2. The molecule has 0 aromatic rings. The number of carbonyl (C=O) groups is 1. The lowest BCUT2D eigenvalue weighted by atomic mass is 9.52. The van der Waals surface area contributed by atoms with Gasteiger partial charge < -0.3 is 10.2 Å². The summed E-state index contributed by atoms with van der Waals surface area (Å²) < 4.78 is 0. The summed E-state index contributed by atoms with van der Waals surface area (Å²) >= 11 is 0. The summed E-state index contributed by atoms with van der Waals surface area (Å²) in [6.07, 6.45) is 7.14. The van der Waals surface area contributed by atoms with Crippen LogP contribution in [-0.2, 0) is 4.79 Å². The highest BCUT2D eigenvalue weighted by Crippen LogP contribution is 2.79. The van der Waals surface area contributed by atoms with E-state index in [-0.39, 0.29) is 28.6 Å². The molecule has 0 amide bonds. The molecule has 0 aromatic carbocycles. The molecule has 0 aromatic heterocycles. The molecular weight excluding hydrogens is 288 g/mol. The Morgan fingerprint density at radius 1 is 1.26 bits per heavy atom. The minimum atomic E-state index is -0.657. The smallest absolute Gasteiger partial charge is 0.164 e. The van der Waals surface area contributed by atoms with Gasteiger partial charge >= 0.3 is 0 Å². The summed E-state index contributed by atoms with van der Waals surface area (Å²) in [6, 6.07) is 0. The van der Waals surface area contributed by atoms with E-state index in [4.69, 9.17) is 0 Å². The molecule has 0 unspecified atom stereocenters. The van der Waals surface area contributed by atoms with E-state index in [2.05, 4.69) is 26.8 Å². The van der Waals surface area contributed by atoms with E-state index in [0.717, 1.165) is 19.3 Å². The Morgan fingerprint density at radius 2 is 1.96 bits per heavy atom. The number of carbonyl (C=O) groups excluding carboxylic acids is 1. The van der Waals surface area contributed by atoms with Gasteiger partial charge in [0.05, 0.1) is 11.5 Å². The van der Waals surface area contributed by atoms with Crippen molar-refractivity contribution in [3.8, 4) is 0 Å². The third-order valence-corrected chi connectivity index (χ3v) is 8.86. The second-order valence-corrected chi connectivity index (χ2v) is 9.73. The molecular formula is C20H30O3. The van der Waals surface area contributed by atoms with Crippen LogP contribution in [0.25, 0.3) is 0 Å². The average molecular weight is 318 g/mol. The topological polar surface area (TPSA) is 57.5 Å². The fraction of sp³-hybridized carbons (Fsp3) is 0.850. The van der Waals surface area contributed by atoms with Crippen molar-refractivity contribution >= 4 is 5.78 Å². The first-order chi connectivity index (χ1) is 10.7. The standard InChI is InChI=1S/C20H30O3/c1-12-5-6-14(22)19(4)15(23)9-13-16-17(2,10-20(12,13)19)7-8-18(16,3)11-21/h5-6,12-13,15-16,21,23H,7-11H2,1-4H3/t12-,13-,15-,16-,17+,18+,19+,20-/m0/s1. The van der Waals surface area contributed by atoms with Crippen molar-refractivity contribution in [2.45, 2.75) is 59.5 Å². The summed E-state index contributed by atoms with van der Waals surface area (Å²) in [4.78, 5) is 12.8. The first-order valence-electron chi connectivity index (χ1n) is 9.17. The van der Waals surface area contributed by atoms with Crippen LogP contribution in [0.2, 0.25) is 0 Å². The molecule has 0 bridgehead atoms. The van der Waals surface area contributed by atoms with Gasteiger partial charge in [0.25, 0.3) is 0 Å². The van der Waals surface area contributed by atoms with E-state index in [1.165, 1.54) is 0 Å². The van der Waals surface area contributed by atoms with E-state index in [1.807, 2.05) is 6.92 Å². The molecule has 3 heteroatoms. The lowest BCUT2D eigenvalue weighted by molar-refractivity contribution is -0.142. The van der Waals surface area contributed by atoms with Crippen molar-refractivity contribution in [3.63, 3.8) is 0 Å². The van der Waals surface area contributed by atoms with Crippen LogP contribution in [0, 0.1) is 39.4 Å². The van der Waals surface area contributed by atoms with Crippen LogP contribution in [0.1, 0.15) is 53.4 Å². The molecule has 1 spiro atoms. The quantitative estimate of drug-likeness (QED) is 0.781. The van der Waals surface area contributed by atoms with E-state index in [9.17, 15) is 15.0 Å². The summed E-state index contributed by atoms with van der Waals surface area (Å²) in [5, 5.41) is 21.0. The zero-order chi connectivity index (χ0) is 16.8. The minimum absolute atomic E-state index is 0.0716. The van der Waals surface area contributed by atoms with Gasteiger partial charge in [0.2, 0.25) is 0 Å². The van der Waals surface area contributed by atoms with Crippen LogP contribution in [0.4, 0.5) is 0 Å². The highest BCUT2D eigenvalue weighted by Gasteiger charge is 2.77. The predicted molar refractivity (Wildman–Crippen MR) is 88.6 cm³/mol. The number of hydrogen-bond donors (Lipinski definition) is 2. The Bertz CT molecular complexity index is 598. The number of aliphatic hydroxyl groups excluding tert-OH is 2. The Hall–Kier alpha value is -0.670. The molecule has 4 rings (SSSR count). The largest absolute Gasteiger partial charge is 0.396 e.